The minimum Gasteiger partial charge on any atom is -0.480 e. The molecule has 0 saturated heterocycles. The SMILES string of the molecule is C=CC[C@H](NC(=O)c1c2ccccc2nc2ccccc12)C(=O)O. The minimum atomic E-state index is -1.09. The predicted molar refractivity (Wildman–Crippen MR) is 93.0 cm³/mol. The molecule has 120 valence electrons. The van der Waals surface area contributed by atoms with Crippen LogP contribution in [-0.2, 0) is 4.79 Å². The molecule has 2 N–H and O–H groups in total. The number of carbonyl (C=O) groups is 2. The van der Waals surface area contributed by atoms with Gasteiger partial charge in [-0.2, -0.15) is 0 Å². The maximum Gasteiger partial charge on any atom is 0.326 e. The first-order chi connectivity index (χ1) is 11.6. The van der Waals surface area contributed by atoms with E-state index in [4.69, 9.17) is 0 Å². The highest BCUT2D eigenvalue weighted by molar-refractivity contribution is 6.16. The second-order valence-corrected chi connectivity index (χ2v) is 5.41. The first kappa shape index (κ1) is 15.7. The van der Waals surface area contributed by atoms with Crippen LogP contribution in [0.2, 0.25) is 0 Å². The molecule has 0 bridgehead atoms. The number of para-hydroxylation sites is 2. The number of hydrogen-bond donors (Lipinski definition) is 2. The van der Waals surface area contributed by atoms with Gasteiger partial charge in [-0.05, 0) is 18.6 Å². The van der Waals surface area contributed by atoms with Gasteiger partial charge in [0.15, 0.2) is 0 Å². The van der Waals surface area contributed by atoms with Crippen LogP contribution in [0, 0.1) is 0 Å². The number of nitrogens with one attached hydrogen (secondary N) is 1. The molecule has 2 aromatic carbocycles. The third-order valence-electron chi connectivity index (χ3n) is 3.82. The molecule has 0 aliphatic heterocycles. The summed E-state index contributed by atoms with van der Waals surface area (Å²) < 4.78 is 0. The van der Waals surface area contributed by atoms with Crippen LogP contribution >= 0.6 is 0 Å². The Balaban J connectivity index is 2.16. The van der Waals surface area contributed by atoms with Crippen molar-refractivity contribution in [1.82, 2.24) is 10.3 Å². The molecule has 1 heterocycles. The number of carbonyl (C=O) groups excluding carboxylic acids is 1. The van der Waals surface area contributed by atoms with Gasteiger partial charge in [0.05, 0.1) is 16.6 Å². The molecular weight excluding hydrogens is 304 g/mol. The van der Waals surface area contributed by atoms with E-state index >= 15 is 0 Å². The lowest BCUT2D eigenvalue weighted by Gasteiger charge is -2.15. The molecular formula is C19H16N2O3. The van der Waals surface area contributed by atoms with Crippen LogP contribution in [-0.4, -0.2) is 28.0 Å². The topological polar surface area (TPSA) is 79.3 Å². The van der Waals surface area contributed by atoms with E-state index in [1.807, 2.05) is 48.5 Å². The van der Waals surface area contributed by atoms with Crippen molar-refractivity contribution in [2.24, 2.45) is 0 Å². The molecule has 5 nitrogen and oxygen atoms in total. The Morgan fingerprint density at radius 2 is 1.62 bits per heavy atom. The number of amides is 1. The van der Waals surface area contributed by atoms with Crippen molar-refractivity contribution in [3.8, 4) is 0 Å². The van der Waals surface area contributed by atoms with E-state index < -0.39 is 17.9 Å². The Morgan fingerprint density at radius 3 is 2.12 bits per heavy atom. The summed E-state index contributed by atoms with van der Waals surface area (Å²) in [5, 5.41) is 13.2. The number of fused-ring (bicyclic) bond motifs is 2. The number of carboxylic acid groups (broad SMARTS) is 1. The Kier molecular flexibility index (Phi) is 4.24. The van der Waals surface area contributed by atoms with E-state index in [0.717, 1.165) is 0 Å². The third kappa shape index (κ3) is 2.84. The minimum absolute atomic E-state index is 0.155. The fourth-order valence-electron chi connectivity index (χ4n) is 2.70. The quantitative estimate of drug-likeness (QED) is 0.559. The van der Waals surface area contributed by atoms with Crippen molar-refractivity contribution in [3.05, 3.63) is 66.7 Å². The normalized spacial score (nSPS) is 12.0. The monoisotopic (exact) mass is 320 g/mol. The number of nitrogens with zero attached hydrogens (tertiary/aromatic N) is 1. The van der Waals surface area contributed by atoms with Crippen molar-refractivity contribution in [3.63, 3.8) is 0 Å². The summed E-state index contributed by atoms with van der Waals surface area (Å²) in [5.41, 5.74) is 1.82. The van der Waals surface area contributed by atoms with Gasteiger partial charge < -0.3 is 10.4 Å². The van der Waals surface area contributed by atoms with Gasteiger partial charge in [-0.1, -0.05) is 42.5 Å². The molecule has 1 atom stereocenters. The highest BCUT2D eigenvalue weighted by atomic mass is 16.4. The van der Waals surface area contributed by atoms with E-state index in [9.17, 15) is 14.7 Å². The predicted octanol–water partition coefficient (Wildman–Crippen LogP) is 3.15. The zero-order valence-corrected chi connectivity index (χ0v) is 12.9. The molecule has 0 aliphatic carbocycles. The number of aliphatic carboxylic acids is 1. The maximum absolute atomic E-state index is 12.8. The molecule has 1 aromatic heterocycles. The Morgan fingerprint density at radius 1 is 1.08 bits per heavy atom. The van der Waals surface area contributed by atoms with Gasteiger partial charge in [0.1, 0.15) is 6.04 Å². The fraction of sp³-hybridized carbons (Fsp3) is 0.105. The molecule has 1 amide bonds. The molecule has 0 unspecified atom stereocenters. The molecule has 0 saturated carbocycles. The summed E-state index contributed by atoms with van der Waals surface area (Å²) >= 11 is 0. The van der Waals surface area contributed by atoms with Crippen molar-refractivity contribution >= 4 is 33.7 Å². The number of benzene rings is 2. The maximum atomic E-state index is 12.8. The number of hydrogen-bond acceptors (Lipinski definition) is 3. The number of aromatic nitrogens is 1. The molecule has 5 heteroatoms. The van der Waals surface area contributed by atoms with Gasteiger partial charge in [0, 0.05) is 10.8 Å². The largest absolute Gasteiger partial charge is 0.480 e. The second-order valence-electron chi connectivity index (χ2n) is 5.41. The Labute approximate surface area is 138 Å². The first-order valence-corrected chi connectivity index (χ1v) is 7.54. The lowest BCUT2D eigenvalue weighted by Crippen LogP contribution is -2.40. The Bertz CT molecular complexity index is 896. The van der Waals surface area contributed by atoms with Crippen LogP contribution in [0.25, 0.3) is 21.8 Å². The van der Waals surface area contributed by atoms with Gasteiger partial charge in [-0.15, -0.1) is 6.58 Å². The van der Waals surface area contributed by atoms with Crippen LogP contribution in [0.15, 0.2) is 61.2 Å². The highest BCUT2D eigenvalue weighted by Gasteiger charge is 2.22. The van der Waals surface area contributed by atoms with Gasteiger partial charge in [0.2, 0.25) is 0 Å². The molecule has 3 rings (SSSR count). The number of pyridine rings is 1. The van der Waals surface area contributed by atoms with E-state index in [-0.39, 0.29) is 6.42 Å². The van der Waals surface area contributed by atoms with Gasteiger partial charge in [0.25, 0.3) is 5.91 Å². The number of rotatable bonds is 5. The molecule has 3 aromatic rings. The second kappa shape index (κ2) is 6.50. The Hall–Kier alpha value is -3.21. The summed E-state index contributed by atoms with van der Waals surface area (Å²) in [4.78, 5) is 28.7. The molecule has 0 spiro atoms. The average Bonchev–Trinajstić information content (AvgIpc) is 2.58. The summed E-state index contributed by atoms with van der Waals surface area (Å²) in [6, 6.07) is 13.6. The third-order valence-corrected chi connectivity index (χ3v) is 3.82. The van der Waals surface area contributed by atoms with Crippen LogP contribution < -0.4 is 5.32 Å². The summed E-state index contributed by atoms with van der Waals surface area (Å²) in [5.74, 6) is -1.52. The average molecular weight is 320 g/mol. The zero-order valence-electron chi connectivity index (χ0n) is 12.9. The van der Waals surface area contributed by atoms with Crippen LogP contribution in [0.4, 0.5) is 0 Å². The molecule has 0 fully saturated rings. The van der Waals surface area contributed by atoms with Crippen LogP contribution in [0.3, 0.4) is 0 Å². The van der Waals surface area contributed by atoms with E-state index in [2.05, 4.69) is 16.9 Å². The first-order valence-electron chi connectivity index (χ1n) is 7.54. The summed E-state index contributed by atoms with van der Waals surface area (Å²) in [7, 11) is 0. The van der Waals surface area contributed by atoms with E-state index in [0.29, 0.717) is 27.4 Å². The zero-order chi connectivity index (χ0) is 17.1. The van der Waals surface area contributed by atoms with Gasteiger partial charge in [-0.3, -0.25) is 4.79 Å². The smallest absolute Gasteiger partial charge is 0.326 e. The van der Waals surface area contributed by atoms with Crippen LogP contribution in [0.5, 0.6) is 0 Å². The summed E-state index contributed by atoms with van der Waals surface area (Å²) in [6.07, 6.45) is 1.63. The van der Waals surface area contributed by atoms with Crippen molar-refractivity contribution in [2.75, 3.05) is 0 Å². The molecule has 0 aliphatic rings. The lowest BCUT2D eigenvalue weighted by atomic mass is 10.0. The fourth-order valence-corrected chi connectivity index (χ4v) is 2.70. The lowest BCUT2D eigenvalue weighted by molar-refractivity contribution is -0.139. The highest BCUT2D eigenvalue weighted by Crippen LogP contribution is 2.26. The van der Waals surface area contributed by atoms with E-state index in [1.54, 1.807) is 0 Å². The van der Waals surface area contributed by atoms with Crippen molar-refractivity contribution in [1.29, 1.82) is 0 Å². The standard InChI is InChI=1S/C19H16N2O3/c1-2-7-16(19(23)24)21-18(22)17-12-8-3-5-10-14(12)20-15-11-6-4-9-13(15)17/h2-6,8-11,16H,1,7H2,(H,21,22)(H,23,24)/t16-/m0/s1. The number of carboxylic acids is 1. The molecule has 24 heavy (non-hydrogen) atoms. The van der Waals surface area contributed by atoms with Gasteiger partial charge in [-0.25, -0.2) is 9.78 Å². The van der Waals surface area contributed by atoms with Crippen molar-refractivity contribution in [2.45, 2.75) is 12.5 Å². The summed E-state index contributed by atoms with van der Waals surface area (Å²) in [6.45, 7) is 3.54. The van der Waals surface area contributed by atoms with Crippen LogP contribution in [0.1, 0.15) is 16.8 Å². The molecule has 0 radical (unpaired) electrons. The van der Waals surface area contributed by atoms with E-state index in [1.165, 1.54) is 6.08 Å². The van der Waals surface area contributed by atoms with Crippen molar-refractivity contribution < 1.29 is 14.7 Å². The van der Waals surface area contributed by atoms with Gasteiger partial charge >= 0.3 is 5.97 Å².